The summed E-state index contributed by atoms with van der Waals surface area (Å²) in [6.45, 7) is 0.799. The van der Waals surface area contributed by atoms with E-state index in [-0.39, 0.29) is 5.91 Å². The van der Waals surface area contributed by atoms with E-state index in [1.54, 1.807) is 0 Å². The Morgan fingerprint density at radius 2 is 1.80 bits per heavy atom. The van der Waals surface area contributed by atoms with Crippen molar-refractivity contribution in [3.63, 3.8) is 0 Å². The number of hydrazone groups is 1. The zero-order valence-corrected chi connectivity index (χ0v) is 11.9. The monoisotopic (exact) mass is 273 g/mol. The minimum absolute atomic E-state index is 0.00264. The van der Waals surface area contributed by atoms with E-state index in [0.29, 0.717) is 6.42 Å². The number of hydrogen-bond donors (Lipinski definition) is 2. The van der Waals surface area contributed by atoms with Gasteiger partial charge < -0.3 is 5.73 Å². The summed E-state index contributed by atoms with van der Waals surface area (Å²) in [5.74, 6) is 0.00264. The van der Waals surface area contributed by atoms with Crippen LogP contribution in [-0.4, -0.2) is 18.2 Å². The first-order valence-corrected chi connectivity index (χ1v) is 7.44. The number of nitrogens with zero attached hydrogens (tertiary/aromatic N) is 1. The standard InChI is InChI=1S/C16H23N3O/c17-12-4-2-1-3-5-13-6-8-14(9-7-13)15-10-11-16(20)19-18-15/h6-9H,1-5,10-12,17H2,(H,19,20). The minimum Gasteiger partial charge on any atom is -0.330 e. The maximum Gasteiger partial charge on any atom is 0.240 e. The smallest absolute Gasteiger partial charge is 0.240 e. The molecule has 20 heavy (non-hydrogen) atoms. The van der Waals surface area contributed by atoms with Gasteiger partial charge in [-0.25, -0.2) is 5.43 Å². The van der Waals surface area contributed by atoms with E-state index >= 15 is 0 Å². The molecule has 1 amide bonds. The first-order chi connectivity index (χ1) is 9.79. The molecule has 0 unspecified atom stereocenters. The molecule has 108 valence electrons. The minimum atomic E-state index is 0.00264. The predicted molar refractivity (Wildman–Crippen MR) is 81.6 cm³/mol. The second kappa shape index (κ2) is 7.80. The Hall–Kier alpha value is -1.68. The van der Waals surface area contributed by atoms with Crippen LogP contribution < -0.4 is 11.2 Å². The molecule has 0 aromatic heterocycles. The summed E-state index contributed by atoms with van der Waals surface area (Å²) in [6, 6.07) is 8.53. The Kier molecular flexibility index (Phi) is 5.74. The van der Waals surface area contributed by atoms with E-state index in [1.165, 1.54) is 24.8 Å². The first kappa shape index (κ1) is 14.7. The van der Waals surface area contributed by atoms with Gasteiger partial charge in [-0.05, 0) is 36.9 Å². The van der Waals surface area contributed by atoms with Crippen LogP contribution in [0.5, 0.6) is 0 Å². The molecule has 2 rings (SSSR count). The molecule has 0 radical (unpaired) electrons. The van der Waals surface area contributed by atoms with Gasteiger partial charge in [-0.1, -0.05) is 37.1 Å². The SMILES string of the molecule is NCCCCCCc1ccc(C2=NNC(=O)CC2)cc1. The molecule has 1 aromatic rings. The molecular weight excluding hydrogens is 250 g/mol. The van der Waals surface area contributed by atoms with Crippen LogP contribution in [0.3, 0.4) is 0 Å². The maximum atomic E-state index is 11.1. The highest BCUT2D eigenvalue weighted by Gasteiger charge is 2.12. The zero-order chi connectivity index (χ0) is 14.2. The van der Waals surface area contributed by atoms with Gasteiger partial charge >= 0.3 is 0 Å². The van der Waals surface area contributed by atoms with Crippen LogP contribution in [0, 0.1) is 0 Å². The fraction of sp³-hybridized carbons (Fsp3) is 0.500. The van der Waals surface area contributed by atoms with Crippen molar-refractivity contribution in [1.82, 2.24) is 5.43 Å². The fourth-order valence-electron chi connectivity index (χ4n) is 2.37. The fourth-order valence-corrected chi connectivity index (χ4v) is 2.37. The van der Waals surface area contributed by atoms with Crippen LogP contribution in [0.4, 0.5) is 0 Å². The third kappa shape index (κ3) is 4.46. The summed E-state index contributed by atoms with van der Waals surface area (Å²) in [6.07, 6.45) is 7.20. The molecule has 0 atom stereocenters. The van der Waals surface area contributed by atoms with Crippen LogP contribution in [0.1, 0.15) is 49.7 Å². The molecule has 4 nitrogen and oxygen atoms in total. The average molecular weight is 273 g/mol. The number of carbonyl (C=O) groups excluding carboxylic acids is 1. The quantitative estimate of drug-likeness (QED) is 0.749. The summed E-state index contributed by atoms with van der Waals surface area (Å²) in [5, 5.41) is 4.11. The molecule has 0 fully saturated rings. The number of amides is 1. The van der Waals surface area contributed by atoms with Gasteiger partial charge in [0.2, 0.25) is 5.91 Å². The molecule has 4 heteroatoms. The van der Waals surface area contributed by atoms with Crippen LogP contribution >= 0.6 is 0 Å². The summed E-state index contributed by atoms with van der Waals surface area (Å²) in [5.41, 5.74) is 11.5. The number of rotatable bonds is 7. The summed E-state index contributed by atoms with van der Waals surface area (Å²) >= 11 is 0. The highest BCUT2D eigenvalue weighted by Crippen LogP contribution is 2.13. The predicted octanol–water partition coefficient (Wildman–Crippen LogP) is 2.36. The van der Waals surface area contributed by atoms with Gasteiger partial charge in [0.1, 0.15) is 0 Å². The lowest BCUT2D eigenvalue weighted by Crippen LogP contribution is -2.25. The number of hydrogen-bond acceptors (Lipinski definition) is 3. The van der Waals surface area contributed by atoms with Crippen molar-refractivity contribution in [3.05, 3.63) is 35.4 Å². The highest BCUT2D eigenvalue weighted by atomic mass is 16.2. The highest BCUT2D eigenvalue weighted by molar-refractivity contribution is 6.04. The van der Waals surface area contributed by atoms with Gasteiger partial charge in [0, 0.05) is 12.8 Å². The van der Waals surface area contributed by atoms with Gasteiger partial charge in [0.25, 0.3) is 0 Å². The number of aryl methyl sites for hydroxylation is 1. The Labute approximate surface area is 120 Å². The number of carbonyl (C=O) groups is 1. The van der Waals surface area contributed by atoms with Gasteiger partial charge in [-0.3, -0.25) is 4.79 Å². The van der Waals surface area contributed by atoms with Gasteiger partial charge in [-0.15, -0.1) is 0 Å². The van der Waals surface area contributed by atoms with E-state index in [0.717, 1.165) is 37.1 Å². The molecule has 0 saturated heterocycles. The second-order valence-corrected chi connectivity index (χ2v) is 5.24. The average Bonchev–Trinajstić information content (AvgIpc) is 2.49. The Bertz CT molecular complexity index is 465. The number of unbranched alkanes of at least 4 members (excludes halogenated alkanes) is 3. The van der Waals surface area contributed by atoms with E-state index in [1.807, 2.05) is 0 Å². The molecule has 0 bridgehead atoms. The van der Waals surface area contributed by atoms with Crippen molar-refractivity contribution in [2.75, 3.05) is 6.54 Å². The lowest BCUT2D eigenvalue weighted by Gasteiger charge is -2.12. The van der Waals surface area contributed by atoms with Crippen LogP contribution in [0.2, 0.25) is 0 Å². The lowest BCUT2D eigenvalue weighted by molar-refractivity contribution is -0.121. The van der Waals surface area contributed by atoms with Gasteiger partial charge in [0.15, 0.2) is 0 Å². The van der Waals surface area contributed by atoms with E-state index in [2.05, 4.69) is 34.8 Å². The van der Waals surface area contributed by atoms with Crippen molar-refractivity contribution in [3.8, 4) is 0 Å². The van der Waals surface area contributed by atoms with Gasteiger partial charge in [-0.2, -0.15) is 5.10 Å². The Morgan fingerprint density at radius 1 is 1.05 bits per heavy atom. The third-order valence-corrected chi connectivity index (χ3v) is 3.61. The molecule has 0 saturated carbocycles. The number of nitrogens with one attached hydrogen (secondary N) is 1. The normalized spacial score (nSPS) is 14.8. The van der Waals surface area contributed by atoms with E-state index < -0.39 is 0 Å². The number of benzene rings is 1. The Morgan fingerprint density at radius 3 is 2.45 bits per heavy atom. The van der Waals surface area contributed by atoms with Crippen molar-refractivity contribution < 1.29 is 4.79 Å². The molecule has 1 aliphatic heterocycles. The molecule has 1 aliphatic rings. The van der Waals surface area contributed by atoms with Crippen molar-refractivity contribution in [1.29, 1.82) is 0 Å². The molecule has 3 N–H and O–H groups in total. The number of nitrogens with two attached hydrogens (primary N) is 1. The molecule has 0 aliphatic carbocycles. The Balaban J connectivity index is 1.82. The molecular formula is C16H23N3O. The van der Waals surface area contributed by atoms with Crippen molar-refractivity contribution >= 4 is 11.6 Å². The molecule has 1 heterocycles. The zero-order valence-electron chi connectivity index (χ0n) is 11.9. The first-order valence-electron chi connectivity index (χ1n) is 7.44. The van der Waals surface area contributed by atoms with Crippen molar-refractivity contribution in [2.24, 2.45) is 10.8 Å². The second-order valence-electron chi connectivity index (χ2n) is 5.24. The van der Waals surface area contributed by atoms with E-state index in [9.17, 15) is 4.79 Å². The molecule has 1 aromatic carbocycles. The summed E-state index contributed by atoms with van der Waals surface area (Å²) in [4.78, 5) is 11.1. The topological polar surface area (TPSA) is 67.5 Å². The largest absolute Gasteiger partial charge is 0.330 e. The lowest BCUT2D eigenvalue weighted by atomic mass is 10.0. The van der Waals surface area contributed by atoms with Crippen LogP contribution in [0.25, 0.3) is 0 Å². The third-order valence-electron chi connectivity index (χ3n) is 3.61. The van der Waals surface area contributed by atoms with Crippen LogP contribution in [0.15, 0.2) is 29.4 Å². The summed E-state index contributed by atoms with van der Waals surface area (Å²) in [7, 11) is 0. The van der Waals surface area contributed by atoms with E-state index in [4.69, 9.17) is 5.73 Å². The van der Waals surface area contributed by atoms with Crippen LogP contribution in [-0.2, 0) is 11.2 Å². The molecule has 0 spiro atoms. The maximum absolute atomic E-state index is 11.1. The van der Waals surface area contributed by atoms with Crippen molar-refractivity contribution in [2.45, 2.75) is 44.9 Å². The van der Waals surface area contributed by atoms with Gasteiger partial charge in [0.05, 0.1) is 5.71 Å². The summed E-state index contributed by atoms with van der Waals surface area (Å²) < 4.78 is 0.